The highest BCUT2D eigenvalue weighted by Crippen LogP contribution is 2.47. The number of nitrogens with one attached hydrogen (secondary N) is 1. The second-order valence-corrected chi connectivity index (χ2v) is 6.82. The highest BCUT2D eigenvalue weighted by atomic mass is 127. The van der Waals surface area contributed by atoms with Gasteiger partial charge in [-0.1, -0.05) is 20.3 Å². The Labute approximate surface area is 147 Å². The van der Waals surface area contributed by atoms with Crippen molar-refractivity contribution in [3.8, 4) is 0 Å². The maximum absolute atomic E-state index is 5.60. The first-order valence-electron chi connectivity index (χ1n) is 8.18. The summed E-state index contributed by atoms with van der Waals surface area (Å²) in [4.78, 5) is 6.87. The van der Waals surface area contributed by atoms with Crippen molar-refractivity contribution in [2.24, 2.45) is 16.3 Å². The zero-order valence-corrected chi connectivity index (χ0v) is 16.2. The van der Waals surface area contributed by atoms with E-state index in [2.05, 4.69) is 29.1 Å². The molecule has 0 atom stereocenters. The summed E-state index contributed by atoms with van der Waals surface area (Å²) in [6, 6.07) is 0. The van der Waals surface area contributed by atoms with E-state index in [1.807, 2.05) is 7.05 Å². The molecule has 1 N–H and O–H groups in total. The first kappa shape index (κ1) is 19.0. The second kappa shape index (κ2) is 9.18. The van der Waals surface area contributed by atoms with Crippen LogP contribution in [0.25, 0.3) is 0 Å². The van der Waals surface area contributed by atoms with Gasteiger partial charge in [0.1, 0.15) is 0 Å². The summed E-state index contributed by atoms with van der Waals surface area (Å²) >= 11 is 0. The van der Waals surface area contributed by atoms with Gasteiger partial charge in [-0.25, -0.2) is 0 Å². The van der Waals surface area contributed by atoms with Crippen LogP contribution in [0.3, 0.4) is 0 Å². The lowest BCUT2D eigenvalue weighted by Crippen LogP contribution is -2.43. The molecular weight excluding hydrogens is 377 g/mol. The van der Waals surface area contributed by atoms with Gasteiger partial charge < -0.3 is 15.0 Å². The van der Waals surface area contributed by atoms with Crippen LogP contribution in [0.5, 0.6) is 0 Å². The van der Waals surface area contributed by atoms with Crippen molar-refractivity contribution in [1.29, 1.82) is 0 Å². The molecule has 2 rings (SSSR count). The first-order chi connectivity index (χ1) is 9.65. The van der Waals surface area contributed by atoms with E-state index in [-0.39, 0.29) is 24.0 Å². The number of rotatable bonds is 6. The highest BCUT2D eigenvalue weighted by Gasteiger charge is 2.43. The number of ether oxygens (including phenoxy) is 1. The molecule has 1 aliphatic heterocycles. The lowest BCUT2D eigenvalue weighted by molar-refractivity contribution is 0.108. The van der Waals surface area contributed by atoms with Gasteiger partial charge in [-0.3, -0.25) is 4.99 Å². The third-order valence-corrected chi connectivity index (χ3v) is 4.56. The van der Waals surface area contributed by atoms with Gasteiger partial charge in [0.2, 0.25) is 0 Å². The van der Waals surface area contributed by atoms with Crippen molar-refractivity contribution in [1.82, 2.24) is 10.2 Å². The fraction of sp³-hybridized carbons (Fsp3) is 0.938. The lowest BCUT2D eigenvalue weighted by Gasteiger charge is -2.38. The van der Waals surface area contributed by atoms with Crippen molar-refractivity contribution >= 4 is 29.9 Å². The molecule has 0 aromatic rings. The summed E-state index contributed by atoms with van der Waals surface area (Å²) in [5.41, 5.74) is 0.637. The summed E-state index contributed by atoms with van der Waals surface area (Å²) in [6.07, 6.45) is 6.66. The minimum absolute atomic E-state index is 0. The molecule has 21 heavy (non-hydrogen) atoms. The first-order valence-corrected chi connectivity index (χ1v) is 8.18. The third-order valence-electron chi connectivity index (χ3n) is 4.56. The largest absolute Gasteiger partial charge is 0.381 e. The minimum Gasteiger partial charge on any atom is -0.381 e. The Kier molecular flexibility index (Phi) is 8.31. The summed E-state index contributed by atoms with van der Waals surface area (Å²) in [7, 11) is 1.89. The van der Waals surface area contributed by atoms with Gasteiger partial charge in [0.15, 0.2) is 5.96 Å². The maximum atomic E-state index is 5.60. The topological polar surface area (TPSA) is 36.9 Å². The molecule has 0 unspecified atom stereocenters. The van der Waals surface area contributed by atoms with Gasteiger partial charge in [0.25, 0.3) is 0 Å². The van der Waals surface area contributed by atoms with Gasteiger partial charge in [0, 0.05) is 39.9 Å². The number of nitrogens with zero attached hydrogens (tertiary/aromatic N) is 2. The standard InChI is InChI=1S/C16H31N3O.HI/c1-14(2)12-20-11-5-9-18-15(17-3)19-10-8-16(13-19)6-4-7-16;/h14H,4-13H2,1-3H3,(H,17,18);1H. The van der Waals surface area contributed by atoms with Crippen molar-refractivity contribution < 1.29 is 4.74 Å². The minimum atomic E-state index is 0. The van der Waals surface area contributed by atoms with Crippen molar-refractivity contribution in [2.75, 3.05) is 39.9 Å². The Hall–Kier alpha value is -0.0400. The number of likely N-dealkylation sites (tertiary alicyclic amines) is 1. The van der Waals surface area contributed by atoms with E-state index in [4.69, 9.17) is 4.74 Å². The summed E-state index contributed by atoms with van der Waals surface area (Å²) in [6.45, 7) is 9.40. The van der Waals surface area contributed by atoms with Crippen LogP contribution in [-0.4, -0.2) is 50.8 Å². The molecule has 2 fully saturated rings. The SMILES string of the molecule is CN=C(NCCCOCC(C)C)N1CCC2(CCC2)C1.I. The predicted molar refractivity (Wildman–Crippen MR) is 99.5 cm³/mol. The van der Waals surface area contributed by atoms with Gasteiger partial charge in [-0.2, -0.15) is 0 Å². The van der Waals surface area contributed by atoms with Gasteiger partial charge in [-0.15, -0.1) is 24.0 Å². The second-order valence-electron chi connectivity index (χ2n) is 6.82. The Morgan fingerprint density at radius 2 is 2.10 bits per heavy atom. The molecule has 0 aromatic heterocycles. The summed E-state index contributed by atoms with van der Waals surface area (Å²) in [5.74, 6) is 1.71. The molecule has 0 aromatic carbocycles. The van der Waals surface area contributed by atoms with Crippen LogP contribution in [-0.2, 0) is 4.74 Å². The van der Waals surface area contributed by atoms with Crippen molar-refractivity contribution in [2.45, 2.75) is 46.0 Å². The molecule has 1 saturated carbocycles. The molecule has 1 aliphatic carbocycles. The Bertz CT molecular complexity index is 329. The molecule has 0 radical (unpaired) electrons. The van der Waals surface area contributed by atoms with Gasteiger partial charge >= 0.3 is 0 Å². The predicted octanol–water partition coefficient (Wildman–Crippen LogP) is 3.12. The van der Waals surface area contributed by atoms with E-state index in [0.29, 0.717) is 11.3 Å². The smallest absolute Gasteiger partial charge is 0.193 e. The number of halogens is 1. The Morgan fingerprint density at radius 3 is 2.62 bits per heavy atom. The fourth-order valence-electron chi connectivity index (χ4n) is 3.23. The lowest BCUT2D eigenvalue weighted by atomic mass is 9.68. The normalized spacial score (nSPS) is 20.6. The quantitative estimate of drug-likeness (QED) is 0.317. The average Bonchev–Trinajstić information content (AvgIpc) is 2.83. The van der Waals surface area contributed by atoms with E-state index in [1.54, 1.807) is 0 Å². The maximum Gasteiger partial charge on any atom is 0.193 e. The van der Waals surface area contributed by atoms with Crippen LogP contribution in [0.2, 0.25) is 0 Å². The zero-order valence-electron chi connectivity index (χ0n) is 13.9. The van der Waals surface area contributed by atoms with E-state index in [9.17, 15) is 0 Å². The van der Waals surface area contributed by atoms with E-state index < -0.39 is 0 Å². The molecule has 0 amide bonds. The molecule has 5 heteroatoms. The molecule has 1 heterocycles. The Balaban J connectivity index is 0.00000220. The molecule has 1 saturated heterocycles. The van der Waals surface area contributed by atoms with Gasteiger partial charge in [0.05, 0.1) is 0 Å². The van der Waals surface area contributed by atoms with Crippen molar-refractivity contribution in [3.63, 3.8) is 0 Å². The van der Waals surface area contributed by atoms with Crippen LogP contribution in [0.15, 0.2) is 4.99 Å². The molecule has 1 spiro atoms. The molecule has 2 aliphatic rings. The molecule has 4 nitrogen and oxygen atoms in total. The third kappa shape index (κ3) is 5.58. The van der Waals surface area contributed by atoms with E-state index in [0.717, 1.165) is 32.1 Å². The highest BCUT2D eigenvalue weighted by molar-refractivity contribution is 14.0. The van der Waals surface area contributed by atoms with Crippen molar-refractivity contribution in [3.05, 3.63) is 0 Å². The number of hydrogen-bond acceptors (Lipinski definition) is 2. The van der Waals surface area contributed by atoms with Crippen LogP contribution in [0.1, 0.15) is 46.0 Å². The summed E-state index contributed by atoms with van der Waals surface area (Å²) < 4.78 is 5.60. The Morgan fingerprint density at radius 1 is 1.33 bits per heavy atom. The number of guanidine groups is 1. The zero-order chi connectivity index (χ0) is 14.4. The van der Waals surface area contributed by atoms with Crippen LogP contribution >= 0.6 is 24.0 Å². The number of aliphatic imine (C=N–C) groups is 1. The molecular formula is C16H32IN3O. The van der Waals surface area contributed by atoms with Crippen LogP contribution in [0, 0.1) is 11.3 Å². The average molecular weight is 409 g/mol. The fourth-order valence-corrected chi connectivity index (χ4v) is 3.23. The molecule has 0 bridgehead atoms. The number of hydrogen-bond donors (Lipinski definition) is 1. The molecule has 124 valence electrons. The van der Waals surface area contributed by atoms with Gasteiger partial charge in [-0.05, 0) is 37.0 Å². The van der Waals surface area contributed by atoms with Crippen LogP contribution in [0.4, 0.5) is 0 Å². The van der Waals surface area contributed by atoms with E-state index >= 15 is 0 Å². The van der Waals surface area contributed by atoms with E-state index in [1.165, 1.54) is 38.8 Å². The van der Waals surface area contributed by atoms with Crippen LogP contribution < -0.4 is 5.32 Å². The summed E-state index contributed by atoms with van der Waals surface area (Å²) in [5, 5.41) is 3.48. The monoisotopic (exact) mass is 409 g/mol.